The second-order valence-electron chi connectivity index (χ2n) is 3.82. The number of ether oxygens (including phenoxy) is 1. The molecule has 2 atom stereocenters. The number of hydrogen-bond donors (Lipinski definition) is 0. The molecule has 0 amide bonds. The number of hydrogen-bond acceptors (Lipinski definition) is 3. The Bertz CT molecular complexity index is 325. The lowest BCUT2D eigenvalue weighted by Crippen LogP contribution is -2.43. The molecule has 0 saturated carbocycles. The highest BCUT2D eigenvalue weighted by Crippen LogP contribution is 2.29. The lowest BCUT2D eigenvalue weighted by atomic mass is 9.96. The molecule has 0 spiro atoms. The fraction of sp³-hybridized carbons (Fsp3) is 0.778. The van der Waals surface area contributed by atoms with E-state index in [-0.39, 0.29) is 6.10 Å². The third-order valence-electron chi connectivity index (χ3n) is 3.02. The Balaban J connectivity index is 2.08. The zero-order valence-electron chi connectivity index (χ0n) is 8.05. The number of piperidine rings is 1. The van der Waals surface area contributed by atoms with E-state index in [0.29, 0.717) is 19.0 Å². The van der Waals surface area contributed by atoms with Gasteiger partial charge >= 0.3 is 0 Å². The van der Waals surface area contributed by atoms with Crippen molar-refractivity contribution in [3.8, 4) is 0 Å². The molecule has 5 heteroatoms. The average Bonchev–Trinajstić information content (AvgIpc) is 2.64. The average molecular weight is 217 g/mol. The Morgan fingerprint density at radius 3 is 2.93 bits per heavy atom. The van der Waals surface area contributed by atoms with Crippen molar-refractivity contribution < 1.29 is 13.2 Å². The van der Waals surface area contributed by atoms with Crippen LogP contribution in [0, 0.1) is 5.92 Å². The lowest BCUT2D eigenvalue weighted by molar-refractivity contribution is 0.0557. The Labute approximate surface area is 84.6 Å². The Morgan fingerprint density at radius 2 is 2.21 bits per heavy atom. The quantitative estimate of drug-likeness (QED) is 0.679. The molecule has 0 aromatic heterocycles. The van der Waals surface area contributed by atoms with E-state index in [1.807, 2.05) is 0 Å². The highest BCUT2D eigenvalue weighted by molar-refractivity contribution is 7.92. The van der Waals surface area contributed by atoms with Gasteiger partial charge in [-0.1, -0.05) is 6.58 Å². The summed E-state index contributed by atoms with van der Waals surface area (Å²) in [5.41, 5.74) is 0. The van der Waals surface area contributed by atoms with E-state index in [1.54, 1.807) is 0 Å². The molecular weight excluding hydrogens is 202 g/mol. The molecule has 80 valence electrons. The minimum Gasteiger partial charge on any atom is -0.378 e. The fourth-order valence-corrected chi connectivity index (χ4v) is 3.15. The number of sulfonamides is 1. The van der Waals surface area contributed by atoms with Gasteiger partial charge in [0.15, 0.2) is 0 Å². The molecule has 4 nitrogen and oxygen atoms in total. The third kappa shape index (κ3) is 1.71. The van der Waals surface area contributed by atoms with E-state index in [4.69, 9.17) is 4.74 Å². The summed E-state index contributed by atoms with van der Waals surface area (Å²) in [5.74, 6) is 0.387. The maximum atomic E-state index is 11.5. The Morgan fingerprint density at radius 1 is 1.43 bits per heavy atom. The first-order valence-electron chi connectivity index (χ1n) is 4.87. The summed E-state index contributed by atoms with van der Waals surface area (Å²) >= 11 is 0. The topological polar surface area (TPSA) is 46.6 Å². The van der Waals surface area contributed by atoms with Gasteiger partial charge in [-0.05, 0) is 12.8 Å². The van der Waals surface area contributed by atoms with Crippen LogP contribution in [0.3, 0.4) is 0 Å². The van der Waals surface area contributed by atoms with Crippen molar-refractivity contribution in [1.82, 2.24) is 4.31 Å². The van der Waals surface area contributed by atoms with Crippen molar-refractivity contribution in [3.63, 3.8) is 0 Å². The molecule has 0 N–H and O–H groups in total. The van der Waals surface area contributed by atoms with Gasteiger partial charge in [-0.15, -0.1) is 0 Å². The van der Waals surface area contributed by atoms with E-state index in [1.165, 1.54) is 4.31 Å². The van der Waals surface area contributed by atoms with Crippen LogP contribution in [0.4, 0.5) is 0 Å². The Hall–Kier alpha value is -0.390. The van der Waals surface area contributed by atoms with Gasteiger partial charge in [-0.3, -0.25) is 0 Å². The lowest BCUT2D eigenvalue weighted by Gasteiger charge is -2.32. The van der Waals surface area contributed by atoms with Crippen LogP contribution in [0.2, 0.25) is 0 Å². The first-order valence-corrected chi connectivity index (χ1v) is 6.38. The van der Waals surface area contributed by atoms with Crippen LogP contribution in [-0.2, 0) is 14.8 Å². The van der Waals surface area contributed by atoms with E-state index in [0.717, 1.165) is 24.9 Å². The molecule has 0 aromatic rings. The van der Waals surface area contributed by atoms with Crippen LogP contribution in [0.1, 0.15) is 12.8 Å². The van der Waals surface area contributed by atoms with Gasteiger partial charge in [0.1, 0.15) is 0 Å². The van der Waals surface area contributed by atoms with Crippen molar-refractivity contribution in [2.24, 2.45) is 5.92 Å². The van der Waals surface area contributed by atoms with Crippen molar-refractivity contribution in [3.05, 3.63) is 12.0 Å². The number of rotatable bonds is 2. The van der Waals surface area contributed by atoms with Crippen molar-refractivity contribution in [2.75, 3.05) is 19.7 Å². The van der Waals surface area contributed by atoms with Gasteiger partial charge < -0.3 is 4.74 Å². The van der Waals surface area contributed by atoms with Gasteiger partial charge in [0.25, 0.3) is 0 Å². The fourth-order valence-electron chi connectivity index (χ4n) is 2.18. The molecule has 2 rings (SSSR count). The van der Waals surface area contributed by atoms with Gasteiger partial charge in [-0.2, -0.15) is 4.31 Å². The van der Waals surface area contributed by atoms with Crippen molar-refractivity contribution in [1.29, 1.82) is 0 Å². The van der Waals surface area contributed by atoms with E-state index in [2.05, 4.69) is 6.58 Å². The summed E-state index contributed by atoms with van der Waals surface area (Å²) in [6.07, 6.45) is 2.08. The van der Waals surface area contributed by atoms with E-state index in [9.17, 15) is 8.42 Å². The first kappa shape index (κ1) is 10.1. The molecule has 0 bridgehead atoms. The maximum Gasteiger partial charge on any atom is 0.235 e. The predicted molar refractivity (Wildman–Crippen MR) is 53.2 cm³/mol. The van der Waals surface area contributed by atoms with Gasteiger partial charge in [0.2, 0.25) is 10.0 Å². The molecule has 0 aliphatic carbocycles. The number of nitrogens with zero attached hydrogens (tertiary/aromatic N) is 1. The summed E-state index contributed by atoms with van der Waals surface area (Å²) in [5, 5.41) is 1.03. The molecule has 2 heterocycles. The molecule has 14 heavy (non-hydrogen) atoms. The van der Waals surface area contributed by atoms with Crippen LogP contribution in [0.15, 0.2) is 12.0 Å². The molecule has 0 radical (unpaired) electrons. The molecular formula is C9H15NO3S. The van der Waals surface area contributed by atoms with Crippen molar-refractivity contribution in [2.45, 2.75) is 18.9 Å². The highest BCUT2D eigenvalue weighted by Gasteiger charge is 2.37. The summed E-state index contributed by atoms with van der Waals surface area (Å²) in [4.78, 5) is 0. The summed E-state index contributed by atoms with van der Waals surface area (Å²) in [7, 11) is -3.22. The van der Waals surface area contributed by atoms with E-state index >= 15 is 0 Å². The minimum absolute atomic E-state index is 0.284. The van der Waals surface area contributed by atoms with Gasteiger partial charge in [-0.25, -0.2) is 8.42 Å². The van der Waals surface area contributed by atoms with E-state index < -0.39 is 10.0 Å². The standard InChI is InChI=1S/C9H15NO3S/c1-2-14(11,12)10-5-3-9-8(7-10)4-6-13-9/h2,8-9H,1,3-7H2/t8-,9+/m1/s1. The normalized spacial score (nSPS) is 34.0. The third-order valence-corrected chi connectivity index (χ3v) is 4.49. The summed E-state index contributed by atoms with van der Waals surface area (Å²) in [6.45, 7) is 5.27. The van der Waals surface area contributed by atoms with Crippen LogP contribution in [0.25, 0.3) is 0 Å². The highest BCUT2D eigenvalue weighted by atomic mass is 32.2. The van der Waals surface area contributed by atoms with Crippen LogP contribution in [-0.4, -0.2) is 38.5 Å². The zero-order chi connectivity index (χ0) is 10.2. The molecule has 2 aliphatic rings. The van der Waals surface area contributed by atoms with Crippen LogP contribution in [0.5, 0.6) is 0 Å². The first-order chi connectivity index (χ1) is 6.63. The Kier molecular flexibility index (Phi) is 2.64. The molecule has 2 saturated heterocycles. The molecule has 2 fully saturated rings. The summed E-state index contributed by atoms with van der Waals surface area (Å²) in [6, 6.07) is 0. The SMILES string of the molecule is C=CS(=O)(=O)N1CC[C@@H]2OCC[C@@H]2C1. The monoisotopic (exact) mass is 217 g/mol. The van der Waals surface area contributed by atoms with Gasteiger partial charge in [0.05, 0.1) is 6.10 Å². The molecule has 0 unspecified atom stereocenters. The minimum atomic E-state index is -3.22. The smallest absolute Gasteiger partial charge is 0.235 e. The molecule has 0 aromatic carbocycles. The van der Waals surface area contributed by atoms with Crippen LogP contribution < -0.4 is 0 Å². The largest absolute Gasteiger partial charge is 0.378 e. The second-order valence-corrected chi connectivity index (χ2v) is 5.70. The maximum absolute atomic E-state index is 11.5. The second kappa shape index (κ2) is 3.64. The zero-order valence-corrected chi connectivity index (χ0v) is 8.87. The van der Waals surface area contributed by atoms with Gasteiger partial charge in [0, 0.05) is 31.0 Å². The number of fused-ring (bicyclic) bond motifs is 1. The van der Waals surface area contributed by atoms with Crippen LogP contribution >= 0.6 is 0 Å². The predicted octanol–water partition coefficient (Wildman–Crippen LogP) is 0.570. The molecule has 2 aliphatic heterocycles. The summed E-state index contributed by atoms with van der Waals surface area (Å²) < 4.78 is 30.0. The van der Waals surface area contributed by atoms with Crippen molar-refractivity contribution >= 4 is 10.0 Å².